The average Bonchev–Trinajstić information content (AvgIpc) is 3.21. The van der Waals surface area contributed by atoms with Gasteiger partial charge in [-0.25, -0.2) is 9.78 Å². The maximum atomic E-state index is 12.1. The summed E-state index contributed by atoms with van der Waals surface area (Å²) in [7, 11) is 0. The van der Waals surface area contributed by atoms with E-state index in [-0.39, 0.29) is 11.9 Å². The molecule has 0 atom stereocenters. The summed E-state index contributed by atoms with van der Waals surface area (Å²) in [6.07, 6.45) is 3.13. The molecule has 7 nitrogen and oxygen atoms in total. The van der Waals surface area contributed by atoms with Crippen LogP contribution < -0.4 is 10.6 Å². The molecule has 0 spiro atoms. The third-order valence-electron chi connectivity index (χ3n) is 3.68. The second-order valence-electron chi connectivity index (χ2n) is 5.62. The normalized spacial score (nSPS) is 10.3. The van der Waals surface area contributed by atoms with E-state index in [9.17, 15) is 9.59 Å². The number of amides is 1. The number of rotatable bonds is 7. The second-order valence-corrected chi connectivity index (χ2v) is 5.62. The van der Waals surface area contributed by atoms with Crippen LogP contribution in [0.1, 0.15) is 33.5 Å². The van der Waals surface area contributed by atoms with Crippen molar-refractivity contribution in [2.45, 2.75) is 13.5 Å². The number of anilines is 2. The van der Waals surface area contributed by atoms with Crippen LogP contribution in [0.3, 0.4) is 0 Å². The van der Waals surface area contributed by atoms with Crippen LogP contribution >= 0.6 is 0 Å². The van der Waals surface area contributed by atoms with Gasteiger partial charge in [0.05, 0.1) is 36.9 Å². The minimum Gasteiger partial charge on any atom is -0.467 e. The topological polar surface area (TPSA) is 93.5 Å². The molecule has 0 bridgehead atoms. The highest BCUT2D eigenvalue weighted by Gasteiger charge is 2.08. The van der Waals surface area contributed by atoms with Gasteiger partial charge >= 0.3 is 5.97 Å². The number of nitrogens with zero attached hydrogens (tertiary/aromatic N) is 1. The van der Waals surface area contributed by atoms with Crippen LogP contribution in [-0.4, -0.2) is 23.5 Å². The minimum absolute atomic E-state index is 0.281. The van der Waals surface area contributed by atoms with Crippen molar-refractivity contribution < 1.29 is 18.7 Å². The molecule has 1 aromatic carbocycles. The van der Waals surface area contributed by atoms with Crippen LogP contribution in [0.5, 0.6) is 0 Å². The first-order valence-corrected chi connectivity index (χ1v) is 8.46. The zero-order valence-corrected chi connectivity index (χ0v) is 14.8. The van der Waals surface area contributed by atoms with E-state index in [1.165, 1.54) is 0 Å². The van der Waals surface area contributed by atoms with E-state index in [1.54, 1.807) is 67.9 Å². The molecule has 2 N–H and O–H groups in total. The molecule has 0 saturated heterocycles. The molecule has 2 aromatic heterocycles. The first-order chi connectivity index (χ1) is 13.2. The fourth-order valence-corrected chi connectivity index (χ4v) is 2.34. The third kappa shape index (κ3) is 4.94. The van der Waals surface area contributed by atoms with Gasteiger partial charge in [-0.3, -0.25) is 4.79 Å². The fraction of sp³-hybridized carbons (Fsp3) is 0.150. The van der Waals surface area contributed by atoms with Crippen molar-refractivity contribution in [2.75, 3.05) is 11.9 Å². The second kappa shape index (κ2) is 8.66. The van der Waals surface area contributed by atoms with Crippen molar-refractivity contribution in [1.29, 1.82) is 0 Å². The molecule has 7 heteroatoms. The lowest BCUT2D eigenvalue weighted by atomic mass is 10.2. The molecule has 0 radical (unpaired) electrons. The van der Waals surface area contributed by atoms with E-state index in [0.29, 0.717) is 30.2 Å². The van der Waals surface area contributed by atoms with Gasteiger partial charge in [0.1, 0.15) is 11.5 Å². The maximum absolute atomic E-state index is 12.1. The fourth-order valence-electron chi connectivity index (χ4n) is 2.34. The van der Waals surface area contributed by atoms with Crippen molar-refractivity contribution in [3.8, 4) is 0 Å². The molecule has 3 aromatic rings. The number of pyridine rings is 1. The zero-order chi connectivity index (χ0) is 19.1. The van der Waals surface area contributed by atoms with Gasteiger partial charge in [-0.2, -0.15) is 0 Å². The molecular formula is C20H19N3O4. The number of ether oxygens (including phenoxy) is 1. The summed E-state index contributed by atoms with van der Waals surface area (Å²) in [5, 5.41) is 5.90. The Bertz CT molecular complexity index is 888. The predicted molar refractivity (Wildman–Crippen MR) is 99.8 cm³/mol. The Morgan fingerprint density at radius 3 is 2.48 bits per heavy atom. The number of benzene rings is 1. The third-order valence-corrected chi connectivity index (χ3v) is 3.68. The molecule has 0 fully saturated rings. The monoisotopic (exact) mass is 365 g/mol. The first kappa shape index (κ1) is 18.2. The SMILES string of the molecule is CCOC(=O)c1ccc(Nc2ccc(C(=O)NCc3ccco3)nc2)cc1. The Morgan fingerprint density at radius 2 is 1.85 bits per heavy atom. The molecular weight excluding hydrogens is 346 g/mol. The smallest absolute Gasteiger partial charge is 0.338 e. The Morgan fingerprint density at radius 1 is 1.07 bits per heavy atom. The van der Waals surface area contributed by atoms with Gasteiger partial charge in [-0.15, -0.1) is 0 Å². The Hall–Kier alpha value is -3.61. The summed E-state index contributed by atoms with van der Waals surface area (Å²) in [4.78, 5) is 27.9. The standard InChI is InChI=1S/C20H19N3O4/c1-2-26-20(25)14-5-7-15(8-6-14)23-16-9-10-18(21-12-16)19(24)22-13-17-4-3-11-27-17/h3-12,23H,2,13H2,1H3,(H,22,24). The van der Waals surface area contributed by atoms with Crippen LogP contribution in [0.25, 0.3) is 0 Å². The summed E-state index contributed by atoms with van der Waals surface area (Å²) >= 11 is 0. The molecule has 0 aliphatic rings. The van der Waals surface area contributed by atoms with Gasteiger partial charge in [0.2, 0.25) is 0 Å². The summed E-state index contributed by atoms with van der Waals surface area (Å²) < 4.78 is 10.1. The summed E-state index contributed by atoms with van der Waals surface area (Å²) in [6.45, 7) is 2.41. The maximum Gasteiger partial charge on any atom is 0.338 e. The average molecular weight is 365 g/mol. The molecule has 0 aliphatic carbocycles. The van der Waals surface area contributed by atoms with Crippen LogP contribution in [0.4, 0.5) is 11.4 Å². The lowest BCUT2D eigenvalue weighted by molar-refractivity contribution is 0.0526. The van der Waals surface area contributed by atoms with Gasteiger partial charge in [-0.05, 0) is 55.5 Å². The Kier molecular flexibility index (Phi) is 5.84. The summed E-state index contributed by atoms with van der Waals surface area (Å²) in [5.74, 6) is 0.0419. The van der Waals surface area contributed by atoms with Crippen LogP contribution in [0.15, 0.2) is 65.4 Å². The molecule has 2 heterocycles. The largest absolute Gasteiger partial charge is 0.467 e. The van der Waals surface area contributed by atoms with Crippen molar-refractivity contribution in [1.82, 2.24) is 10.3 Å². The van der Waals surface area contributed by atoms with Crippen molar-refractivity contribution >= 4 is 23.3 Å². The summed E-state index contributed by atoms with van der Waals surface area (Å²) in [6, 6.07) is 13.9. The van der Waals surface area contributed by atoms with E-state index in [0.717, 1.165) is 11.4 Å². The zero-order valence-electron chi connectivity index (χ0n) is 14.8. The molecule has 3 rings (SSSR count). The molecule has 0 saturated carbocycles. The summed E-state index contributed by atoms with van der Waals surface area (Å²) in [5.41, 5.74) is 2.32. The van der Waals surface area contributed by atoms with E-state index in [4.69, 9.17) is 9.15 Å². The first-order valence-electron chi connectivity index (χ1n) is 8.46. The van der Waals surface area contributed by atoms with Gasteiger partial charge in [-0.1, -0.05) is 0 Å². The molecule has 1 amide bonds. The van der Waals surface area contributed by atoms with Crippen molar-refractivity contribution in [2.24, 2.45) is 0 Å². The van der Waals surface area contributed by atoms with Gasteiger partial charge in [0.15, 0.2) is 0 Å². The highest BCUT2D eigenvalue weighted by atomic mass is 16.5. The Labute approximate surface area is 156 Å². The number of furan rings is 1. The van der Waals surface area contributed by atoms with Gasteiger partial charge in [0, 0.05) is 5.69 Å². The molecule has 0 unspecified atom stereocenters. The number of carbonyl (C=O) groups excluding carboxylic acids is 2. The Balaban J connectivity index is 1.57. The number of esters is 1. The van der Waals surface area contributed by atoms with E-state index in [1.807, 2.05) is 0 Å². The highest BCUT2D eigenvalue weighted by Crippen LogP contribution is 2.17. The number of aromatic nitrogens is 1. The van der Waals surface area contributed by atoms with Crippen molar-refractivity contribution in [3.05, 3.63) is 78.0 Å². The van der Waals surface area contributed by atoms with Gasteiger partial charge in [0.25, 0.3) is 5.91 Å². The number of hydrogen-bond donors (Lipinski definition) is 2. The lowest BCUT2D eigenvalue weighted by Gasteiger charge is -2.08. The molecule has 27 heavy (non-hydrogen) atoms. The lowest BCUT2D eigenvalue weighted by Crippen LogP contribution is -2.23. The predicted octanol–water partition coefficient (Wildman–Crippen LogP) is 3.52. The number of hydrogen-bond acceptors (Lipinski definition) is 6. The van der Waals surface area contributed by atoms with E-state index < -0.39 is 0 Å². The quantitative estimate of drug-likeness (QED) is 0.622. The van der Waals surface area contributed by atoms with Crippen molar-refractivity contribution in [3.63, 3.8) is 0 Å². The number of carbonyl (C=O) groups is 2. The van der Waals surface area contributed by atoms with E-state index in [2.05, 4.69) is 15.6 Å². The van der Waals surface area contributed by atoms with Crippen LogP contribution in [-0.2, 0) is 11.3 Å². The molecule has 0 aliphatic heterocycles. The van der Waals surface area contributed by atoms with Crippen LogP contribution in [0, 0.1) is 0 Å². The van der Waals surface area contributed by atoms with E-state index >= 15 is 0 Å². The number of nitrogens with one attached hydrogen (secondary N) is 2. The molecule has 138 valence electrons. The van der Waals surface area contributed by atoms with Gasteiger partial charge < -0.3 is 19.8 Å². The van der Waals surface area contributed by atoms with Crippen LogP contribution in [0.2, 0.25) is 0 Å². The minimum atomic E-state index is -0.351. The highest BCUT2D eigenvalue weighted by molar-refractivity contribution is 5.92.